The number of carboxylic acids is 1. The van der Waals surface area contributed by atoms with E-state index < -0.39 is 27.0 Å². The van der Waals surface area contributed by atoms with Gasteiger partial charge in [0.1, 0.15) is 22.3 Å². The molecule has 1 aromatic heterocycles. The third kappa shape index (κ3) is 3.44. The lowest BCUT2D eigenvalue weighted by Gasteiger charge is -2.21. The van der Waals surface area contributed by atoms with Crippen molar-refractivity contribution in [1.29, 1.82) is 0 Å². The van der Waals surface area contributed by atoms with E-state index in [0.29, 0.717) is 19.3 Å². The number of carbonyl (C=O) groups is 2. The fraction of sp³-hybridized carbons (Fsp3) is 0.538. The van der Waals surface area contributed by atoms with Crippen molar-refractivity contribution in [2.45, 2.75) is 38.0 Å². The molecule has 7 nitrogen and oxygen atoms in total. The van der Waals surface area contributed by atoms with Gasteiger partial charge in [-0.25, -0.2) is 13.2 Å². The van der Waals surface area contributed by atoms with E-state index in [9.17, 15) is 18.0 Å². The van der Waals surface area contributed by atoms with Gasteiger partial charge in [-0.2, -0.15) is 0 Å². The highest BCUT2D eigenvalue weighted by atomic mass is 32.2. The van der Waals surface area contributed by atoms with Crippen LogP contribution in [-0.2, 0) is 21.2 Å². The zero-order chi connectivity index (χ0) is 15.6. The van der Waals surface area contributed by atoms with Gasteiger partial charge in [0.15, 0.2) is 9.84 Å². The average molecular weight is 315 g/mol. The maximum absolute atomic E-state index is 12.0. The fourth-order valence-corrected chi connectivity index (χ4v) is 4.21. The van der Waals surface area contributed by atoms with Crippen LogP contribution < -0.4 is 5.32 Å². The summed E-state index contributed by atoms with van der Waals surface area (Å²) in [7, 11) is -3.38. The molecule has 1 amide bonds. The largest absolute Gasteiger partial charge is 0.478 e. The first kappa shape index (κ1) is 15.6. The molecule has 1 atom stereocenters. The number of nitrogens with one attached hydrogen (secondary N) is 1. The predicted octanol–water partition coefficient (Wildman–Crippen LogP) is 0.870. The minimum Gasteiger partial charge on any atom is -0.478 e. The van der Waals surface area contributed by atoms with E-state index in [0.717, 1.165) is 0 Å². The van der Waals surface area contributed by atoms with Gasteiger partial charge in [-0.15, -0.1) is 0 Å². The number of rotatable bonds is 4. The number of sulfone groups is 1. The number of aryl methyl sites for hydroxylation is 1. The van der Waals surface area contributed by atoms with Crippen LogP contribution in [0.2, 0.25) is 0 Å². The molecule has 0 spiro atoms. The Labute approximate surface area is 122 Å². The van der Waals surface area contributed by atoms with Crippen LogP contribution >= 0.6 is 0 Å². The van der Waals surface area contributed by atoms with Crippen LogP contribution in [-0.4, -0.2) is 36.4 Å². The van der Waals surface area contributed by atoms with E-state index in [-0.39, 0.29) is 29.4 Å². The van der Waals surface area contributed by atoms with Crippen LogP contribution in [0.5, 0.6) is 0 Å². The maximum atomic E-state index is 12.0. The summed E-state index contributed by atoms with van der Waals surface area (Å²) >= 11 is 0. The summed E-state index contributed by atoms with van der Waals surface area (Å²) in [5.41, 5.74) is 0.0320. The third-order valence-electron chi connectivity index (χ3n) is 3.51. The minimum atomic E-state index is -3.38. The zero-order valence-electron chi connectivity index (χ0n) is 11.6. The number of amides is 1. The molecule has 2 heterocycles. The lowest BCUT2D eigenvalue weighted by atomic mass is 10.2. The second-order valence-corrected chi connectivity index (χ2v) is 7.36. The lowest BCUT2D eigenvalue weighted by molar-refractivity contribution is -0.121. The molecule has 0 aliphatic carbocycles. The first-order chi connectivity index (χ1) is 9.81. The van der Waals surface area contributed by atoms with Gasteiger partial charge >= 0.3 is 5.97 Å². The van der Waals surface area contributed by atoms with Crippen molar-refractivity contribution < 1.29 is 27.5 Å². The smallest absolute Gasteiger partial charge is 0.339 e. The molecule has 116 valence electrons. The second kappa shape index (κ2) is 5.88. The number of furan rings is 1. The van der Waals surface area contributed by atoms with Gasteiger partial charge in [0, 0.05) is 0 Å². The molecule has 0 bridgehead atoms. The van der Waals surface area contributed by atoms with Crippen molar-refractivity contribution in [2.24, 2.45) is 0 Å². The molecule has 2 N–H and O–H groups in total. The van der Waals surface area contributed by atoms with Gasteiger partial charge in [0.05, 0.1) is 12.3 Å². The van der Waals surface area contributed by atoms with Crippen LogP contribution in [0, 0.1) is 6.92 Å². The van der Waals surface area contributed by atoms with Crippen molar-refractivity contribution >= 4 is 21.7 Å². The lowest BCUT2D eigenvalue weighted by Crippen LogP contribution is -2.42. The Hall–Kier alpha value is -1.83. The summed E-state index contributed by atoms with van der Waals surface area (Å²) in [4.78, 5) is 22.8. The molecule has 8 heteroatoms. The van der Waals surface area contributed by atoms with Crippen LogP contribution in [0.1, 0.15) is 41.1 Å². The summed E-state index contributed by atoms with van der Waals surface area (Å²) in [5.74, 6) is -1.10. The van der Waals surface area contributed by atoms with Gasteiger partial charge in [0.2, 0.25) is 5.91 Å². The molecule has 0 aromatic carbocycles. The summed E-state index contributed by atoms with van der Waals surface area (Å²) in [6.07, 6.45) is 1.62. The quantitative estimate of drug-likeness (QED) is 0.852. The van der Waals surface area contributed by atoms with E-state index in [1.54, 1.807) is 0 Å². The monoisotopic (exact) mass is 315 g/mol. The Morgan fingerprint density at radius 2 is 2.14 bits per heavy atom. The van der Waals surface area contributed by atoms with E-state index >= 15 is 0 Å². The Morgan fingerprint density at radius 1 is 1.43 bits per heavy atom. The highest BCUT2D eigenvalue weighted by Crippen LogP contribution is 2.20. The molecule has 1 fully saturated rings. The highest BCUT2D eigenvalue weighted by Gasteiger charge is 2.34. The molecule has 1 unspecified atom stereocenters. The van der Waals surface area contributed by atoms with Crippen LogP contribution in [0.25, 0.3) is 0 Å². The normalized spacial score (nSPS) is 20.9. The van der Waals surface area contributed by atoms with E-state index in [2.05, 4.69) is 5.32 Å². The van der Waals surface area contributed by atoms with Gasteiger partial charge in [-0.3, -0.25) is 4.79 Å². The number of hydrogen-bond acceptors (Lipinski definition) is 5. The van der Waals surface area contributed by atoms with Crippen molar-refractivity contribution in [3.8, 4) is 0 Å². The summed E-state index contributed by atoms with van der Waals surface area (Å²) < 4.78 is 28.9. The Balaban J connectivity index is 2.01. The Bertz CT molecular complexity index is 660. The van der Waals surface area contributed by atoms with Crippen molar-refractivity contribution in [3.63, 3.8) is 0 Å². The summed E-state index contributed by atoms with van der Waals surface area (Å²) in [5, 5.41) is 10.4. The second-order valence-electron chi connectivity index (χ2n) is 5.06. The number of carboxylic acid groups (broad SMARTS) is 1. The Morgan fingerprint density at radius 3 is 2.71 bits per heavy atom. The fourth-order valence-electron chi connectivity index (χ4n) is 2.38. The number of carbonyl (C=O) groups excluding carboxylic acids is 1. The standard InChI is InChI=1S/C13H17NO6S/c1-8-10(13(16)17)6-9(20-8)7-14-12(15)11-4-2-3-5-21(11,18)19/h6,11H,2-5,7H2,1H3,(H,14,15)(H,16,17). The summed E-state index contributed by atoms with van der Waals surface area (Å²) in [6.45, 7) is 1.49. The molecule has 1 aliphatic heterocycles. The maximum Gasteiger partial charge on any atom is 0.339 e. The Kier molecular flexibility index (Phi) is 4.36. The minimum absolute atomic E-state index is 0.0288. The van der Waals surface area contributed by atoms with E-state index in [4.69, 9.17) is 9.52 Å². The van der Waals surface area contributed by atoms with Crippen LogP contribution in [0.15, 0.2) is 10.5 Å². The molecule has 0 radical (unpaired) electrons. The van der Waals surface area contributed by atoms with Crippen molar-refractivity contribution in [2.75, 3.05) is 5.75 Å². The number of hydrogen-bond donors (Lipinski definition) is 2. The molecule has 1 aliphatic rings. The molecule has 1 saturated heterocycles. The van der Waals surface area contributed by atoms with Gasteiger partial charge in [0.25, 0.3) is 0 Å². The molecule has 2 rings (SSSR count). The van der Waals surface area contributed by atoms with Gasteiger partial charge in [-0.1, -0.05) is 6.42 Å². The average Bonchev–Trinajstić information content (AvgIpc) is 2.77. The predicted molar refractivity (Wildman–Crippen MR) is 73.7 cm³/mol. The summed E-state index contributed by atoms with van der Waals surface area (Å²) in [6, 6.07) is 1.33. The molecule has 21 heavy (non-hydrogen) atoms. The first-order valence-electron chi connectivity index (χ1n) is 6.63. The van der Waals surface area contributed by atoms with E-state index in [1.165, 1.54) is 13.0 Å². The number of aromatic carboxylic acids is 1. The molecule has 1 aromatic rings. The zero-order valence-corrected chi connectivity index (χ0v) is 12.4. The first-order valence-corrected chi connectivity index (χ1v) is 8.34. The molecular formula is C13H17NO6S. The van der Waals surface area contributed by atoms with Gasteiger partial charge < -0.3 is 14.8 Å². The topological polar surface area (TPSA) is 114 Å². The van der Waals surface area contributed by atoms with E-state index in [1.807, 2.05) is 0 Å². The molecule has 0 saturated carbocycles. The third-order valence-corrected chi connectivity index (χ3v) is 5.68. The van der Waals surface area contributed by atoms with Crippen LogP contribution in [0.4, 0.5) is 0 Å². The highest BCUT2D eigenvalue weighted by molar-refractivity contribution is 7.92. The van der Waals surface area contributed by atoms with Gasteiger partial charge in [-0.05, 0) is 25.8 Å². The van der Waals surface area contributed by atoms with Crippen LogP contribution in [0.3, 0.4) is 0 Å². The van der Waals surface area contributed by atoms with Crippen molar-refractivity contribution in [1.82, 2.24) is 5.32 Å². The SMILES string of the molecule is Cc1oc(CNC(=O)C2CCCCS2(=O)=O)cc1C(=O)O. The molecular weight excluding hydrogens is 298 g/mol. The van der Waals surface area contributed by atoms with Crippen molar-refractivity contribution in [3.05, 3.63) is 23.2 Å².